The van der Waals surface area contributed by atoms with E-state index in [0.717, 1.165) is 47.4 Å². The van der Waals surface area contributed by atoms with E-state index in [1.54, 1.807) is 36.0 Å². The van der Waals surface area contributed by atoms with Crippen molar-refractivity contribution in [2.24, 2.45) is 4.99 Å². The number of aliphatic imine (C=N–C) groups is 1. The largest absolute Gasteiger partial charge is 0.351 e. The van der Waals surface area contributed by atoms with Gasteiger partial charge < -0.3 is 15.1 Å². The Labute approximate surface area is 207 Å². The zero-order chi connectivity index (χ0) is 23.5. The summed E-state index contributed by atoms with van der Waals surface area (Å²) in [4.78, 5) is 47.2. The monoisotopic (exact) mass is 494 g/mol. The number of hydrogen-bond donors (Lipinski definition) is 1. The molecule has 34 heavy (non-hydrogen) atoms. The Morgan fingerprint density at radius 1 is 1.00 bits per heavy atom. The normalized spacial score (nSPS) is 20.1. The van der Waals surface area contributed by atoms with E-state index in [-0.39, 0.29) is 24.1 Å². The SMILES string of the molecule is O=C(CC1SC(N2CCCCC2)=NC1=O)Nc1ccc(C(=O)N2CCSc3ccccc32)cc1. The Balaban J connectivity index is 1.17. The van der Waals surface area contributed by atoms with E-state index in [0.29, 0.717) is 17.8 Å². The number of likely N-dealkylation sites (tertiary alicyclic amines) is 1. The molecule has 0 bridgehead atoms. The van der Waals surface area contributed by atoms with Crippen molar-refractivity contribution in [1.82, 2.24) is 4.90 Å². The minimum absolute atomic E-state index is 0.0547. The minimum Gasteiger partial charge on any atom is -0.351 e. The number of carbonyl (C=O) groups excluding carboxylic acids is 3. The zero-order valence-electron chi connectivity index (χ0n) is 18.7. The van der Waals surface area contributed by atoms with Gasteiger partial charge in [-0.3, -0.25) is 14.4 Å². The van der Waals surface area contributed by atoms with Gasteiger partial charge in [-0.05, 0) is 55.7 Å². The van der Waals surface area contributed by atoms with E-state index >= 15 is 0 Å². The number of rotatable bonds is 4. The van der Waals surface area contributed by atoms with E-state index in [4.69, 9.17) is 0 Å². The second-order valence-electron chi connectivity index (χ2n) is 8.49. The van der Waals surface area contributed by atoms with Crippen LogP contribution in [0.15, 0.2) is 58.4 Å². The molecule has 1 saturated heterocycles. The van der Waals surface area contributed by atoms with Gasteiger partial charge in [0.15, 0.2) is 5.17 Å². The molecule has 1 N–H and O–H groups in total. The Morgan fingerprint density at radius 3 is 2.56 bits per heavy atom. The van der Waals surface area contributed by atoms with E-state index in [2.05, 4.69) is 15.2 Å². The smallest absolute Gasteiger partial charge is 0.262 e. The average molecular weight is 495 g/mol. The Hall–Kier alpha value is -2.78. The zero-order valence-corrected chi connectivity index (χ0v) is 20.4. The highest BCUT2D eigenvalue weighted by Crippen LogP contribution is 2.35. The van der Waals surface area contributed by atoms with Crippen LogP contribution in [0.4, 0.5) is 11.4 Å². The molecule has 3 heterocycles. The predicted molar refractivity (Wildman–Crippen MR) is 138 cm³/mol. The fraction of sp³-hybridized carbons (Fsp3) is 0.360. The first-order chi connectivity index (χ1) is 16.6. The molecule has 0 radical (unpaired) electrons. The highest BCUT2D eigenvalue weighted by Gasteiger charge is 2.33. The topological polar surface area (TPSA) is 82.1 Å². The number of para-hydroxylation sites is 1. The van der Waals surface area contributed by atoms with Gasteiger partial charge in [-0.2, -0.15) is 4.99 Å². The van der Waals surface area contributed by atoms with E-state index in [1.807, 2.05) is 29.2 Å². The van der Waals surface area contributed by atoms with Crippen molar-refractivity contribution in [2.75, 3.05) is 35.6 Å². The van der Waals surface area contributed by atoms with Crippen LogP contribution in [0.1, 0.15) is 36.0 Å². The molecule has 0 saturated carbocycles. The number of hydrogen-bond acceptors (Lipinski definition) is 6. The summed E-state index contributed by atoms with van der Waals surface area (Å²) in [5.41, 5.74) is 2.11. The molecule has 7 nitrogen and oxygen atoms in total. The number of thioether (sulfide) groups is 2. The maximum Gasteiger partial charge on any atom is 0.262 e. The van der Waals surface area contributed by atoms with Gasteiger partial charge in [-0.15, -0.1) is 11.8 Å². The molecule has 3 amide bonds. The number of piperidine rings is 1. The van der Waals surface area contributed by atoms with Crippen molar-refractivity contribution < 1.29 is 14.4 Å². The minimum atomic E-state index is -0.477. The first-order valence-electron chi connectivity index (χ1n) is 11.6. The second kappa shape index (κ2) is 10.2. The van der Waals surface area contributed by atoms with Crippen molar-refractivity contribution in [1.29, 1.82) is 0 Å². The number of benzene rings is 2. The van der Waals surface area contributed by atoms with Crippen LogP contribution in [0.25, 0.3) is 0 Å². The maximum absolute atomic E-state index is 13.1. The van der Waals surface area contributed by atoms with Crippen LogP contribution in [-0.2, 0) is 9.59 Å². The third kappa shape index (κ3) is 5.00. The number of amidine groups is 1. The molecule has 3 aliphatic heterocycles. The van der Waals surface area contributed by atoms with Gasteiger partial charge in [0, 0.05) is 48.0 Å². The van der Waals surface area contributed by atoms with Crippen molar-refractivity contribution in [3.05, 3.63) is 54.1 Å². The van der Waals surface area contributed by atoms with E-state index < -0.39 is 5.25 Å². The number of carbonyl (C=O) groups is 3. The standard InChI is InChI=1S/C25H26N4O3S2/c30-22(16-21-23(31)27-25(34-21)28-12-4-1-5-13-28)26-18-10-8-17(9-11-18)24(32)29-14-15-33-20-7-3-2-6-19(20)29/h2-3,6-11,21H,1,4-5,12-16H2,(H,26,30). The molecule has 2 aromatic carbocycles. The second-order valence-corrected chi connectivity index (χ2v) is 10.8. The predicted octanol–water partition coefficient (Wildman–Crippen LogP) is 4.25. The first-order valence-corrected chi connectivity index (χ1v) is 13.4. The summed E-state index contributed by atoms with van der Waals surface area (Å²) in [6.07, 6.45) is 3.51. The lowest BCUT2D eigenvalue weighted by molar-refractivity contribution is -0.121. The van der Waals surface area contributed by atoms with Crippen molar-refractivity contribution in [3.63, 3.8) is 0 Å². The molecule has 1 unspecified atom stereocenters. The lowest BCUT2D eigenvalue weighted by atomic mass is 10.1. The van der Waals surface area contributed by atoms with Gasteiger partial charge in [0.05, 0.1) is 5.69 Å². The molecule has 9 heteroatoms. The number of nitrogens with one attached hydrogen (secondary N) is 1. The van der Waals surface area contributed by atoms with Crippen molar-refractivity contribution in [2.45, 2.75) is 35.8 Å². The molecule has 1 atom stereocenters. The molecule has 3 aliphatic rings. The molecule has 0 spiro atoms. The van der Waals surface area contributed by atoms with Crippen molar-refractivity contribution in [3.8, 4) is 0 Å². The van der Waals surface area contributed by atoms with Crippen LogP contribution in [0.5, 0.6) is 0 Å². The maximum atomic E-state index is 13.1. The van der Waals surface area contributed by atoms with E-state index in [1.165, 1.54) is 18.2 Å². The summed E-state index contributed by atoms with van der Waals surface area (Å²) in [5, 5.41) is 3.12. The molecule has 5 rings (SSSR count). The number of amides is 3. The van der Waals surface area contributed by atoms with E-state index in [9.17, 15) is 14.4 Å². The van der Waals surface area contributed by atoms with Gasteiger partial charge in [-0.25, -0.2) is 0 Å². The molecular weight excluding hydrogens is 468 g/mol. The van der Waals surface area contributed by atoms with Crippen LogP contribution < -0.4 is 10.2 Å². The Kier molecular flexibility index (Phi) is 6.92. The van der Waals surface area contributed by atoms with Crippen molar-refractivity contribution >= 4 is 57.8 Å². The highest BCUT2D eigenvalue weighted by molar-refractivity contribution is 8.15. The fourth-order valence-corrected chi connectivity index (χ4v) is 6.45. The molecule has 0 aromatic heterocycles. The lowest BCUT2D eigenvalue weighted by Crippen LogP contribution is -2.35. The quantitative estimate of drug-likeness (QED) is 0.684. The summed E-state index contributed by atoms with van der Waals surface area (Å²) in [5.74, 6) is 0.336. The van der Waals surface area contributed by atoms with Gasteiger partial charge in [0.25, 0.3) is 11.8 Å². The summed E-state index contributed by atoms with van der Waals surface area (Å²) < 4.78 is 0. The number of nitrogens with zero attached hydrogens (tertiary/aromatic N) is 3. The van der Waals surface area contributed by atoms with Crippen LogP contribution >= 0.6 is 23.5 Å². The van der Waals surface area contributed by atoms with Crippen LogP contribution in [0.3, 0.4) is 0 Å². The first kappa shape index (κ1) is 23.0. The third-order valence-electron chi connectivity index (χ3n) is 6.12. The lowest BCUT2D eigenvalue weighted by Gasteiger charge is -2.29. The molecular formula is C25H26N4O3S2. The molecule has 0 aliphatic carbocycles. The summed E-state index contributed by atoms with van der Waals surface area (Å²) in [6, 6.07) is 14.9. The van der Waals surface area contributed by atoms with Gasteiger partial charge in [0.2, 0.25) is 5.91 Å². The van der Waals surface area contributed by atoms with Crippen LogP contribution in [0.2, 0.25) is 0 Å². The molecule has 1 fully saturated rings. The summed E-state index contributed by atoms with van der Waals surface area (Å²) in [6.45, 7) is 2.50. The van der Waals surface area contributed by atoms with Gasteiger partial charge >= 0.3 is 0 Å². The van der Waals surface area contributed by atoms with Gasteiger partial charge in [0.1, 0.15) is 5.25 Å². The number of anilines is 2. The Morgan fingerprint density at radius 2 is 1.76 bits per heavy atom. The third-order valence-corrected chi connectivity index (χ3v) is 8.37. The average Bonchev–Trinajstić information content (AvgIpc) is 3.24. The molecule has 2 aromatic rings. The molecule has 176 valence electrons. The number of fused-ring (bicyclic) bond motifs is 1. The fourth-order valence-electron chi connectivity index (χ4n) is 4.34. The highest BCUT2D eigenvalue weighted by atomic mass is 32.2. The van der Waals surface area contributed by atoms with Crippen LogP contribution in [-0.4, -0.2) is 58.4 Å². The summed E-state index contributed by atoms with van der Waals surface area (Å²) >= 11 is 3.15. The summed E-state index contributed by atoms with van der Waals surface area (Å²) in [7, 11) is 0. The van der Waals surface area contributed by atoms with Gasteiger partial charge in [-0.1, -0.05) is 23.9 Å². The van der Waals surface area contributed by atoms with Crippen LogP contribution in [0, 0.1) is 0 Å². The Bertz CT molecular complexity index is 1130.